The molecule has 0 radical (unpaired) electrons. The Bertz CT molecular complexity index is 1170. The van der Waals surface area contributed by atoms with E-state index < -0.39 is 11.2 Å². The highest BCUT2D eigenvalue weighted by atomic mass is 32.2. The number of halogens is 1. The van der Waals surface area contributed by atoms with Crippen molar-refractivity contribution in [3.05, 3.63) is 70.0 Å². The van der Waals surface area contributed by atoms with E-state index in [0.717, 1.165) is 93.0 Å². The van der Waals surface area contributed by atoms with Gasteiger partial charge in [-0.15, -0.1) is 0 Å². The second-order valence-electron chi connectivity index (χ2n) is 11.0. The number of carbonyl (C=O) groups excluding carboxylic acids is 1. The van der Waals surface area contributed by atoms with Crippen LogP contribution in [0.5, 0.6) is 0 Å². The van der Waals surface area contributed by atoms with Crippen LogP contribution in [0, 0.1) is 17.1 Å². The van der Waals surface area contributed by atoms with Crippen molar-refractivity contribution < 1.29 is 13.7 Å². The molecule has 0 bridgehead atoms. The standard InChI is InChI=1S/C30H37FN4O2S/c1-33(30(36)29-17-22(18-32)16-24-4-2-3-5-28(24)29)19-25(23-6-8-26(31)9-7-23)10-11-34-20-27(21-34)35-12-14-38(37)15-13-35/h6-9,16-17,25,27H,2-5,10-15,19-21H2,1H3. The van der Waals surface area contributed by atoms with Crippen molar-refractivity contribution in [3.63, 3.8) is 0 Å². The fourth-order valence-corrected chi connectivity index (χ4v) is 7.23. The van der Waals surface area contributed by atoms with Crippen LogP contribution in [-0.4, -0.2) is 89.0 Å². The van der Waals surface area contributed by atoms with Gasteiger partial charge >= 0.3 is 0 Å². The zero-order valence-corrected chi connectivity index (χ0v) is 23.0. The summed E-state index contributed by atoms with van der Waals surface area (Å²) in [5.74, 6) is 1.34. The number of aryl methyl sites for hydroxylation is 1. The molecule has 0 aromatic heterocycles. The van der Waals surface area contributed by atoms with Crippen molar-refractivity contribution in [2.24, 2.45) is 0 Å². The monoisotopic (exact) mass is 536 g/mol. The van der Waals surface area contributed by atoms with E-state index in [1.54, 1.807) is 11.0 Å². The highest BCUT2D eigenvalue weighted by Gasteiger charge is 2.35. The summed E-state index contributed by atoms with van der Waals surface area (Å²) in [5.41, 5.74) is 4.47. The molecule has 0 spiro atoms. The molecular weight excluding hydrogens is 499 g/mol. The van der Waals surface area contributed by atoms with Crippen molar-refractivity contribution in [2.45, 2.75) is 44.1 Å². The molecule has 1 amide bonds. The van der Waals surface area contributed by atoms with Crippen LogP contribution < -0.4 is 0 Å². The molecule has 1 unspecified atom stereocenters. The van der Waals surface area contributed by atoms with E-state index in [4.69, 9.17) is 0 Å². The van der Waals surface area contributed by atoms with Crippen molar-refractivity contribution >= 4 is 17.1 Å². The quantitative estimate of drug-likeness (QED) is 0.483. The molecule has 8 heteroatoms. The average molecular weight is 537 g/mol. The van der Waals surface area contributed by atoms with E-state index in [9.17, 15) is 19.0 Å². The number of fused-ring (bicyclic) bond motifs is 1. The smallest absolute Gasteiger partial charge is 0.253 e. The highest BCUT2D eigenvalue weighted by molar-refractivity contribution is 7.91. The Morgan fingerprint density at radius 2 is 1.89 bits per heavy atom. The van der Waals surface area contributed by atoms with Crippen molar-refractivity contribution in [1.29, 1.82) is 5.26 Å². The summed E-state index contributed by atoms with van der Waals surface area (Å²) in [7, 11) is 1.84. The van der Waals surface area contributed by atoms with Gasteiger partial charge in [0.05, 0.1) is 11.6 Å². The van der Waals surface area contributed by atoms with Crippen LogP contribution in [0.15, 0.2) is 36.4 Å². The third-order valence-corrected chi connectivity index (χ3v) is 9.74. The predicted molar refractivity (Wildman–Crippen MR) is 148 cm³/mol. The van der Waals surface area contributed by atoms with Crippen molar-refractivity contribution in [1.82, 2.24) is 14.7 Å². The van der Waals surface area contributed by atoms with Gasteiger partial charge in [0.2, 0.25) is 0 Å². The lowest BCUT2D eigenvalue weighted by Gasteiger charge is -2.47. The van der Waals surface area contributed by atoms with Gasteiger partial charge in [0.25, 0.3) is 5.91 Å². The van der Waals surface area contributed by atoms with Gasteiger partial charge in [-0.25, -0.2) is 4.39 Å². The Hall–Kier alpha value is -2.44. The summed E-state index contributed by atoms with van der Waals surface area (Å²) >= 11 is -0.653. The maximum absolute atomic E-state index is 13.7. The van der Waals surface area contributed by atoms with E-state index in [-0.39, 0.29) is 17.6 Å². The van der Waals surface area contributed by atoms with Crippen LogP contribution in [0.3, 0.4) is 0 Å². The Labute approximate surface area is 228 Å². The first-order valence-electron chi connectivity index (χ1n) is 13.8. The van der Waals surface area contributed by atoms with E-state index in [0.29, 0.717) is 23.7 Å². The molecule has 2 fully saturated rings. The number of likely N-dealkylation sites (tertiary alicyclic amines) is 1. The minimum Gasteiger partial charge on any atom is -0.616 e. The third kappa shape index (κ3) is 6.23. The predicted octanol–water partition coefficient (Wildman–Crippen LogP) is 3.57. The fraction of sp³-hybridized carbons (Fsp3) is 0.533. The molecule has 5 rings (SSSR count). The Balaban J connectivity index is 1.25. The van der Waals surface area contributed by atoms with Gasteiger partial charge in [0, 0.05) is 57.3 Å². The largest absolute Gasteiger partial charge is 0.616 e. The van der Waals surface area contributed by atoms with Crippen LogP contribution in [0.2, 0.25) is 0 Å². The lowest BCUT2D eigenvalue weighted by Crippen LogP contribution is -2.62. The number of benzene rings is 2. The zero-order valence-electron chi connectivity index (χ0n) is 22.2. The number of nitrogens with zero attached hydrogens (tertiary/aromatic N) is 4. The first-order valence-corrected chi connectivity index (χ1v) is 15.3. The highest BCUT2D eigenvalue weighted by Crippen LogP contribution is 2.29. The molecule has 2 aromatic rings. The maximum atomic E-state index is 13.7. The number of rotatable bonds is 8. The molecule has 1 aliphatic carbocycles. The van der Waals surface area contributed by atoms with Crippen molar-refractivity contribution in [2.75, 3.05) is 57.8 Å². The third-order valence-electron chi connectivity index (χ3n) is 8.47. The molecule has 202 valence electrons. The van der Waals surface area contributed by atoms with E-state index in [1.165, 1.54) is 12.1 Å². The molecule has 3 aliphatic rings. The number of hydrogen-bond acceptors (Lipinski definition) is 5. The lowest BCUT2D eigenvalue weighted by atomic mass is 9.86. The SMILES string of the molecule is CN(CC(CCN1CC(N2CC[S+]([O-])CC2)C1)c1ccc(F)cc1)C(=O)c1cc(C#N)cc2c1CCCC2. The average Bonchev–Trinajstić information content (AvgIpc) is 2.91. The number of amides is 1. The molecule has 2 aliphatic heterocycles. The van der Waals surface area contributed by atoms with E-state index in [2.05, 4.69) is 15.9 Å². The number of carbonyl (C=O) groups is 1. The number of nitriles is 1. The Morgan fingerprint density at radius 1 is 1.18 bits per heavy atom. The molecular formula is C30H37FN4O2S. The van der Waals surface area contributed by atoms with Gasteiger partial charge in [-0.3, -0.25) is 9.69 Å². The summed E-state index contributed by atoms with van der Waals surface area (Å²) in [4.78, 5) is 20.4. The van der Waals surface area contributed by atoms with Crippen LogP contribution in [-0.2, 0) is 24.0 Å². The van der Waals surface area contributed by atoms with Crippen LogP contribution in [0.1, 0.15) is 57.8 Å². The molecule has 2 aromatic carbocycles. The van der Waals surface area contributed by atoms with Gasteiger partial charge in [-0.1, -0.05) is 23.3 Å². The van der Waals surface area contributed by atoms with Gasteiger partial charge in [0.15, 0.2) is 0 Å². The molecule has 38 heavy (non-hydrogen) atoms. The van der Waals surface area contributed by atoms with E-state index in [1.807, 2.05) is 25.2 Å². The first kappa shape index (κ1) is 27.1. The van der Waals surface area contributed by atoms with Crippen LogP contribution in [0.25, 0.3) is 0 Å². The normalized spacial score (nSPS) is 19.8. The molecule has 1 atom stereocenters. The summed E-state index contributed by atoms with van der Waals surface area (Å²) in [6, 6.07) is 13.1. The van der Waals surface area contributed by atoms with Crippen LogP contribution >= 0.6 is 0 Å². The summed E-state index contributed by atoms with van der Waals surface area (Å²) < 4.78 is 25.4. The topological polar surface area (TPSA) is 73.6 Å². The summed E-state index contributed by atoms with van der Waals surface area (Å²) in [6.07, 6.45) is 4.82. The van der Waals surface area contributed by atoms with Gasteiger partial charge in [-0.2, -0.15) is 5.26 Å². The van der Waals surface area contributed by atoms with Crippen molar-refractivity contribution in [3.8, 4) is 6.07 Å². The van der Waals surface area contributed by atoms with E-state index >= 15 is 0 Å². The first-order chi connectivity index (χ1) is 18.4. The Morgan fingerprint density at radius 3 is 2.61 bits per heavy atom. The Kier molecular flexibility index (Phi) is 8.69. The number of hydrogen-bond donors (Lipinski definition) is 0. The zero-order chi connectivity index (χ0) is 26.6. The molecule has 6 nitrogen and oxygen atoms in total. The maximum Gasteiger partial charge on any atom is 0.253 e. The van der Waals surface area contributed by atoms with Gasteiger partial charge < -0.3 is 14.4 Å². The van der Waals surface area contributed by atoms with Gasteiger partial charge in [0.1, 0.15) is 17.3 Å². The van der Waals surface area contributed by atoms with Crippen LogP contribution in [0.4, 0.5) is 4.39 Å². The molecule has 0 N–H and O–H groups in total. The fourth-order valence-electron chi connectivity index (χ4n) is 6.15. The van der Waals surface area contributed by atoms with Gasteiger partial charge in [-0.05, 0) is 79.6 Å². The molecule has 0 saturated carbocycles. The lowest BCUT2D eigenvalue weighted by molar-refractivity contribution is 0.0363. The molecule has 2 heterocycles. The second-order valence-corrected chi connectivity index (χ2v) is 12.7. The minimum atomic E-state index is -0.653. The number of likely N-dealkylation sites (N-methyl/N-ethyl adjacent to an activating group) is 1. The summed E-state index contributed by atoms with van der Waals surface area (Å²) in [5, 5.41) is 9.54. The second kappa shape index (κ2) is 12.2. The summed E-state index contributed by atoms with van der Waals surface area (Å²) in [6.45, 7) is 5.33. The molecule has 2 saturated heterocycles. The minimum absolute atomic E-state index is 0.0427.